The molecule has 0 aliphatic heterocycles. The molecule has 0 atom stereocenters. The van der Waals surface area contributed by atoms with Crippen molar-refractivity contribution in [2.75, 3.05) is 11.1 Å². The first-order valence-electron chi connectivity index (χ1n) is 5.76. The van der Waals surface area contributed by atoms with Crippen LogP contribution in [0, 0.1) is 13.8 Å². The first-order valence-corrected chi connectivity index (χ1v) is 7.54. The van der Waals surface area contributed by atoms with Gasteiger partial charge in [0.2, 0.25) is 5.91 Å². The van der Waals surface area contributed by atoms with Gasteiger partial charge in [-0.1, -0.05) is 15.9 Å². The number of carbonyl (C=O) groups excluding carboxylic acids is 1. The number of amides is 1. The van der Waals surface area contributed by atoms with Crippen molar-refractivity contribution < 1.29 is 4.79 Å². The third kappa shape index (κ3) is 3.84. The van der Waals surface area contributed by atoms with Crippen molar-refractivity contribution in [3.63, 3.8) is 0 Å². The van der Waals surface area contributed by atoms with Gasteiger partial charge in [0.1, 0.15) is 0 Å². The minimum atomic E-state index is -0.0210. The van der Waals surface area contributed by atoms with Gasteiger partial charge in [-0.05, 0) is 38.1 Å². The smallest absolute Gasteiger partial charge is 0.234 e. The van der Waals surface area contributed by atoms with Crippen LogP contribution in [-0.4, -0.2) is 21.9 Å². The maximum Gasteiger partial charge on any atom is 0.234 e. The standard InChI is InChI=1S/C13H14BrN3OS/c1-8-13(9(2)17-16-8)19-7-12(18)15-11-5-3-10(14)4-6-11/h3-6H,7H2,1-2H3,(H,15,18)(H,16,17). The number of hydrogen-bond acceptors (Lipinski definition) is 3. The van der Waals surface area contributed by atoms with Gasteiger partial charge < -0.3 is 5.32 Å². The molecule has 2 N–H and O–H groups in total. The summed E-state index contributed by atoms with van der Waals surface area (Å²) in [5, 5.41) is 9.87. The van der Waals surface area contributed by atoms with Crippen molar-refractivity contribution in [3.05, 3.63) is 40.1 Å². The quantitative estimate of drug-likeness (QED) is 0.838. The van der Waals surface area contributed by atoms with Gasteiger partial charge in [-0.2, -0.15) is 5.10 Å². The fraction of sp³-hybridized carbons (Fsp3) is 0.231. The molecule has 1 heterocycles. The number of halogens is 1. The van der Waals surface area contributed by atoms with E-state index < -0.39 is 0 Å². The van der Waals surface area contributed by atoms with E-state index in [1.165, 1.54) is 11.8 Å². The van der Waals surface area contributed by atoms with Crippen molar-refractivity contribution in [1.29, 1.82) is 0 Å². The summed E-state index contributed by atoms with van der Waals surface area (Å²) < 4.78 is 0.990. The number of anilines is 1. The third-order valence-corrected chi connectivity index (χ3v) is 4.36. The highest BCUT2D eigenvalue weighted by Crippen LogP contribution is 2.24. The summed E-state index contributed by atoms with van der Waals surface area (Å²) in [6, 6.07) is 7.52. The van der Waals surface area contributed by atoms with E-state index in [9.17, 15) is 4.79 Å². The Kier molecular flexibility index (Phi) is 4.66. The first kappa shape index (κ1) is 14.1. The van der Waals surface area contributed by atoms with Gasteiger partial charge in [0, 0.05) is 15.9 Å². The average molecular weight is 340 g/mol. The Morgan fingerprint density at radius 2 is 2.05 bits per heavy atom. The normalized spacial score (nSPS) is 10.5. The highest BCUT2D eigenvalue weighted by Gasteiger charge is 2.09. The van der Waals surface area contributed by atoms with Gasteiger partial charge in [-0.25, -0.2) is 0 Å². The fourth-order valence-corrected chi connectivity index (χ4v) is 2.75. The van der Waals surface area contributed by atoms with Crippen LogP contribution >= 0.6 is 27.7 Å². The average Bonchev–Trinajstić information content (AvgIpc) is 2.70. The molecule has 1 aromatic heterocycles. The minimum Gasteiger partial charge on any atom is -0.325 e. The molecule has 19 heavy (non-hydrogen) atoms. The van der Waals surface area contributed by atoms with Crippen LogP contribution in [0.5, 0.6) is 0 Å². The van der Waals surface area contributed by atoms with Gasteiger partial charge >= 0.3 is 0 Å². The lowest BCUT2D eigenvalue weighted by Gasteiger charge is -2.05. The van der Waals surface area contributed by atoms with E-state index >= 15 is 0 Å². The van der Waals surface area contributed by atoms with Crippen LogP contribution in [-0.2, 0) is 4.79 Å². The Morgan fingerprint density at radius 1 is 1.37 bits per heavy atom. The fourth-order valence-electron chi connectivity index (χ4n) is 1.62. The second-order valence-electron chi connectivity index (χ2n) is 4.11. The predicted molar refractivity (Wildman–Crippen MR) is 81.6 cm³/mol. The lowest BCUT2D eigenvalue weighted by atomic mass is 10.3. The zero-order valence-electron chi connectivity index (χ0n) is 10.7. The van der Waals surface area contributed by atoms with E-state index in [4.69, 9.17) is 0 Å². The number of H-pyrrole nitrogens is 1. The number of thioether (sulfide) groups is 1. The Hall–Kier alpha value is -1.27. The number of aromatic nitrogens is 2. The van der Waals surface area contributed by atoms with Crippen LogP contribution in [0.4, 0.5) is 5.69 Å². The summed E-state index contributed by atoms with van der Waals surface area (Å²) in [6.07, 6.45) is 0. The Labute approximate surface area is 124 Å². The maximum absolute atomic E-state index is 11.8. The zero-order chi connectivity index (χ0) is 13.8. The largest absolute Gasteiger partial charge is 0.325 e. The van der Waals surface area contributed by atoms with Crippen molar-refractivity contribution in [2.45, 2.75) is 18.7 Å². The molecular weight excluding hydrogens is 326 g/mol. The van der Waals surface area contributed by atoms with Crippen LogP contribution in [0.15, 0.2) is 33.6 Å². The van der Waals surface area contributed by atoms with Crippen LogP contribution in [0.1, 0.15) is 11.4 Å². The van der Waals surface area contributed by atoms with E-state index in [1.54, 1.807) is 0 Å². The topological polar surface area (TPSA) is 57.8 Å². The van der Waals surface area contributed by atoms with Crippen molar-refractivity contribution >= 4 is 39.3 Å². The van der Waals surface area contributed by atoms with Gasteiger partial charge in [0.15, 0.2) is 0 Å². The molecular formula is C13H14BrN3OS. The van der Waals surface area contributed by atoms with Crippen LogP contribution in [0.25, 0.3) is 0 Å². The number of carbonyl (C=O) groups is 1. The molecule has 0 saturated carbocycles. The molecule has 0 saturated heterocycles. The van der Waals surface area contributed by atoms with E-state index in [0.29, 0.717) is 5.75 Å². The van der Waals surface area contributed by atoms with Crippen molar-refractivity contribution in [3.8, 4) is 0 Å². The summed E-state index contributed by atoms with van der Waals surface area (Å²) >= 11 is 4.85. The molecule has 0 radical (unpaired) electrons. The first-order chi connectivity index (χ1) is 9.06. The molecule has 1 aromatic carbocycles. The second-order valence-corrected chi connectivity index (χ2v) is 6.01. The van der Waals surface area contributed by atoms with E-state index in [-0.39, 0.29) is 5.91 Å². The molecule has 0 aliphatic carbocycles. The number of hydrogen-bond donors (Lipinski definition) is 2. The Balaban J connectivity index is 1.90. The maximum atomic E-state index is 11.8. The van der Waals surface area contributed by atoms with E-state index in [1.807, 2.05) is 38.1 Å². The lowest BCUT2D eigenvalue weighted by molar-refractivity contribution is -0.113. The summed E-state index contributed by atoms with van der Waals surface area (Å²) in [6.45, 7) is 3.88. The number of benzene rings is 1. The van der Waals surface area contributed by atoms with Gasteiger partial charge in [0.25, 0.3) is 0 Å². The Bertz CT molecular complexity index is 561. The molecule has 4 nitrogen and oxygen atoms in total. The molecule has 2 rings (SSSR count). The summed E-state index contributed by atoms with van der Waals surface area (Å²) in [7, 11) is 0. The minimum absolute atomic E-state index is 0.0210. The summed E-state index contributed by atoms with van der Waals surface area (Å²) in [5.74, 6) is 0.351. The van der Waals surface area contributed by atoms with Crippen molar-refractivity contribution in [2.24, 2.45) is 0 Å². The second kappa shape index (κ2) is 6.25. The van der Waals surface area contributed by atoms with E-state index in [2.05, 4.69) is 31.4 Å². The number of aryl methyl sites for hydroxylation is 2. The molecule has 2 aromatic rings. The summed E-state index contributed by atoms with van der Waals surface area (Å²) in [5.41, 5.74) is 2.73. The van der Waals surface area contributed by atoms with Crippen LogP contribution < -0.4 is 5.32 Å². The lowest BCUT2D eigenvalue weighted by Crippen LogP contribution is -2.13. The number of aromatic amines is 1. The zero-order valence-corrected chi connectivity index (χ0v) is 13.1. The number of rotatable bonds is 4. The van der Waals surface area contributed by atoms with Gasteiger partial charge in [-0.3, -0.25) is 9.89 Å². The molecule has 6 heteroatoms. The van der Waals surface area contributed by atoms with Crippen molar-refractivity contribution in [1.82, 2.24) is 10.2 Å². The summed E-state index contributed by atoms with van der Waals surface area (Å²) in [4.78, 5) is 12.9. The third-order valence-electron chi connectivity index (χ3n) is 2.54. The SMILES string of the molecule is Cc1n[nH]c(C)c1SCC(=O)Nc1ccc(Br)cc1. The monoisotopic (exact) mass is 339 g/mol. The molecule has 0 fully saturated rings. The highest BCUT2D eigenvalue weighted by atomic mass is 79.9. The molecule has 0 aliphatic rings. The number of nitrogens with zero attached hydrogens (tertiary/aromatic N) is 1. The van der Waals surface area contributed by atoms with Crippen LogP contribution in [0.2, 0.25) is 0 Å². The molecule has 0 spiro atoms. The molecule has 100 valence electrons. The molecule has 1 amide bonds. The van der Waals surface area contributed by atoms with E-state index in [0.717, 1.165) is 26.4 Å². The predicted octanol–water partition coefficient (Wildman–Crippen LogP) is 3.52. The molecule has 0 bridgehead atoms. The highest BCUT2D eigenvalue weighted by molar-refractivity contribution is 9.10. The van der Waals surface area contributed by atoms with Gasteiger partial charge in [-0.15, -0.1) is 11.8 Å². The number of nitrogens with one attached hydrogen (secondary N) is 2. The molecule has 0 unspecified atom stereocenters. The van der Waals surface area contributed by atoms with Crippen LogP contribution in [0.3, 0.4) is 0 Å². The Morgan fingerprint density at radius 3 is 2.63 bits per heavy atom. The van der Waals surface area contributed by atoms with Gasteiger partial charge in [0.05, 0.1) is 16.3 Å².